The Morgan fingerprint density at radius 1 is 0.903 bits per heavy atom. The first-order valence-corrected chi connectivity index (χ1v) is 12.5. The normalized spacial score (nSPS) is 15.7. The number of primary sulfonamides is 1. The monoisotopic (exact) mass is 467 g/mol. The molecule has 1 fully saturated rings. The van der Waals surface area contributed by atoms with E-state index in [4.69, 9.17) is 9.88 Å². The molecule has 0 aliphatic carbocycles. The number of carbonyl (C=O) groups excluding carboxylic acids is 1. The van der Waals surface area contributed by atoms with E-state index < -0.39 is 26.0 Å². The number of piperazine rings is 1. The summed E-state index contributed by atoms with van der Waals surface area (Å²) in [5.41, 5.74) is 2.43. The molecule has 0 unspecified atom stereocenters. The number of rotatable bonds is 5. The Bertz CT molecular complexity index is 1220. The number of nitrogens with zero attached hydrogens (tertiary/aromatic N) is 2. The molecular formula is C20H25N3O6S2. The molecule has 0 bridgehead atoms. The van der Waals surface area contributed by atoms with Crippen LogP contribution in [0.4, 0.5) is 5.69 Å². The lowest BCUT2D eigenvalue weighted by molar-refractivity contribution is 0.0601. The first-order valence-electron chi connectivity index (χ1n) is 9.52. The summed E-state index contributed by atoms with van der Waals surface area (Å²) >= 11 is 0. The number of carbonyl (C=O) groups is 1. The Balaban J connectivity index is 1.85. The minimum atomic E-state index is -3.99. The van der Waals surface area contributed by atoms with Gasteiger partial charge >= 0.3 is 5.97 Å². The number of sulfonamides is 2. The summed E-state index contributed by atoms with van der Waals surface area (Å²) < 4.78 is 55.5. The number of aryl methyl sites for hydroxylation is 2. The highest BCUT2D eigenvalue weighted by atomic mass is 32.2. The average molecular weight is 468 g/mol. The third-order valence-corrected chi connectivity index (χ3v) is 8.20. The van der Waals surface area contributed by atoms with Crippen LogP contribution in [-0.2, 0) is 24.8 Å². The predicted octanol–water partition coefficient (Wildman–Crippen LogP) is 1.25. The van der Waals surface area contributed by atoms with E-state index in [9.17, 15) is 21.6 Å². The van der Waals surface area contributed by atoms with Gasteiger partial charge in [-0.05, 0) is 55.3 Å². The second-order valence-corrected chi connectivity index (χ2v) is 10.9. The van der Waals surface area contributed by atoms with E-state index in [1.807, 2.05) is 18.7 Å². The van der Waals surface area contributed by atoms with Crippen LogP contribution >= 0.6 is 0 Å². The summed E-state index contributed by atoms with van der Waals surface area (Å²) in [7, 11) is -6.44. The van der Waals surface area contributed by atoms with Crippen LogP contribution in [0, 0.1) is 13.8 Å². The molecule has 2 N–H and O–H groups in total. The zero-order valence-corrected chi connectivity index (χ0v) is 19.2. The molecule has 0 saturated carbocycles. The van der Waals surface area contributed by atoms with Gasteiger partial charge in [0.25, 0.3) is 0 Å². The van der Waals surface area contributed by atoms with Crippen LogP contribution in [0.1, 0.15) is 21.5 Å². The summed E-state index contributed by atoms with van der Waals surface area (Å²) in [6, 6.07) is 9.03. The molecule has 168 valence electrons. The second-order valence-electron chi connectivity index (χ2n) is 7.35. The third kappa shape index (κ3) is 4.74. The Hall–Kier alpha value is -2.47. The van der Waals surface area contributed by atoms with Crippen LogP contribution < -0.4 is 10.0 Å². The molecule has 1 saturated heterocycles. The van der Waals surface area contributed by atoms with Crippen molar-refractivity contribution in [2.45, 2.75) is 23.6 Å². The smallest absolute Gasteiger partial charge is 0.340 e. The lowest BCUT2D eigenvalue weighted by atomic mass is 10.1. The molecule has 0 radical (unpaired) electrons. The van der Waals surface area contributed by atoms with Crippen LogP contribution in [0.15, 0.2) is 46.2 Å². The summed E-state index contributed by atoms with van der Waals surface area (Å²) in [5.74, 6) is -0.703. The van der Waals surface area contributed by atoms with Gasteiger partial charge in [0.1, 0.15) is 0 Å². The number of anilines is 1. The summed E-state index contributed by atoms with van der Waals surface area (Å²) in [6.07, 6.45) is 0. The van der Waals surface area contributed by atoms with Crippen molar-refractivity contribution in [2.24, 2.45) is 5.14 Å². The van der Waals surface area contributed by atoms with Crippen molar-refractivity contribution in [3.63, 3.8) is 0 Å². The maximum atomic E-state index is 13.0. The molecule has 0 aromatic heterocycles. The Morgan fingerprint density at radius 2 is 1.52 bits per heavy atom. The first-order chi connectivity index (χ1) is 14.4. The van der Waals surface area contributed by atoms with E-state index in [1.165, 1.54) is 29.6 Å². The quantitative estimate of drug-likeness (QED) is 0.656. The SMILES string of the molecule is COC(=O)c1cc(S(N)(=O)=O)ccc1N1CCN(S(=O)(=O)c2ccc(C)c(C)c2)CC1. The van der Waals surface area contributed by atoms with Gasteiger partial charge < -0.3 is 9.64 Å². The van der Waals surface area contributed by atoms with E-state index in [2.05, 4.69) is 0 Å². The number of benzene rings is 2. The maximum Gasteiger partial charge on any atom is 0.340 e. The number of hydrogen-bond donors (Lipinski definition) is 1. The molecule has 2 aromatic rings. The van der Waals surface area contributed by atoms with Crippen LogP contribution in [0.25, 0.3) is 0 Å². The van der Waals surface area contributed by atoms with Gasteiger partial charge in [-0.2, -0.15) is 4.31 Å². The van der Waals surface area contributed by atoms with Crippen LogP contribution in [0.3, 0.4) is 0 Å². The molecular weight excluding hydrogens is 442 g/mol. The van der Waals surface area contributed by atoms with Crippen molar-refractivity contribution in [1.29, 1.82) is 0 Å². The summed E-state index contributed by atoms with van der Waals surface area (Å²) in [4.78, 5) is 14.1. The predicted molar refractivity (Wildman–Crippen MR) is 116 cm³/mol. The van der Waals surface area contributed by atoms with E-state index >= 15 is 0 Å². The van der Waals surface area contributed by atoms with E-state index in [-0.39, 0.29) is 28.4 Å². The highest BCUT2D eigenvalue weighted by Gasteiger charge is 2.30. The molecule has 1 aliphatic heterocycles. The van der Waals surface area contributed by atoms with Crippen molar-refractivity contribution in [1.82, 2.24) is 4.31 Å². The standard InChI is InChI=1S/C20H25N3O6S2/c1-14-4-5-17(12-15(14)2)31(27,28)23-10-8-22(9-11-23)19-7-6-16(30(21,25)26)13-18(19)20(24)29-3/h4-7,12-13H,8-11H2,1-3H3,(H2,21,25,26). The molecule has 0 spiro atoms. The van der Waals surface area contributed by atoms with Crippen molar-refractivity contribution in [3.8, 4) is 0 Å². The van der Waals surface area contributed by atoms with Gasteiger partial charge in [-0.3, -0.25) is 0 Å². The zero-order chi connectivity index (χ0) is 23.0. The van der Waals surface area contributed by atoms with E-state index in [0.29, 0.717) is 18.8 Å². The first kappa shape index (κ1) is 23.2. The number of ether oxygens (including phenoxy) is 1. The molecule has 31 heavy (non-hydrogen) atoms. The van der Waals surface area contributed by atoms with Gasteiger partial charge in [-0.1, -0.05) is 6.07 Å². The van der Waals surface area contributed by atoms with Crippen LogP contribution in [0.5, 0.6) is 0 Å². The molecule has 1 aliphatic rings. The Kier molecular flexibility index (Phi) is 6.42. The zero-order valence-electron chi connectivity index (χ0n) is 17.5. The highest BCUT2D eigenvalue weighted by molar-refractivity contribution is 7.89. The van der Waals surface area contributed by atoms with Crippen molar-refractivity contribution in [2.75, 3.05) is 38.2 Å². The van der Waals surface area contributed by atoms with Gasteiger partial charge in [0.05, 0.1) is 28.2 Å². The molecule has 2 aromatic carbocycles. The van der Waals surface area contributed by atoms with Crippen molar-refractivity contribution < 1.29 is 26.4 Å². The van der Waals surface area contributed by atoms with Gasteiger partial charge in [0.2, 0.25) is 20.0 Å². The highest BCUT2D eigenvalue weighted by Crippen LogP contribution is 2.27. The minimum Gasteiger partial charge on any atom is -0.465 e. The number of methoxy groups -OCH3 is 1. The second kappa shape index (κ2) is 8.58. The van der Waals surface area contributed by atoms with Crippen molar-refractivity contribution in [3.05, 3.63) is 53.1 Å². The fraction of sp³-hybridized carbons (Fsp3) is 0.350. The lowest BCUT2D eigenvalue weighted by Gasteiger charge is -2.36. The number of nitrogens with two attached hydrogens (primary N) is 1. The lowest BCUT2D eigenvalue weighted by Crippen LogP contribution is -2.49. The Morgan fingerprint density at radius 3 is 2.06 bits per heavy atom. The topological polar surface area (TPSA) is 127 Å². The van der Waals surface area contributed by atoms with Gasteiger partial charge in [-0.15, -0.1) is 0 Å². The average Bonchev–Trinajstić information content (AvgIpc) is 2.74. The molecule has 0 amide bonds. The molecule has 0 atom stereocenters. The number of esters is 1. The fourth-order valence-electron chi connectivity index (χ4n) is 3.43. The molecule has 1 heterocycles. The van der Waals surface area contributed by atoms with Crippen LogP contribution in [-0.4, -0.2) is 60.4 Å². The largest absolute Gasteiger partial charge is 0.465 e. The molecule has 9 nitrogen and oxygen atoms in total. The summed E-state index contributed by atoms with van der Waals surface area (Å²) in [6.45, 7) is 4.86. The third-order valence-electron chi connectivity index (χ3n) is 5.40. The summed E-state index contributed by atoms with van der Waals surface area (Å²) in [5, 5.41) is 5.17. The molecule has 3 rings (SSSR count). The minimum absolute atomic E-state index is 0.0551. The van der Waals surface area contributed by atoms with E-state index in [1.54, 1.807) is 18.2 Å². The number of hydrogen-bond acceptors (Lipinski definition) is 7. The van der Waals surface area contributed by atoms with Gasteiger partial charge in [0, 0.05) is 26.2 Å². The van der Waals surface area contributed by atoms with Crippen LogP contribution in [0.2, 0.25) is 0 Å². The Labute approximate surface area is 182 Å². The van der Waals surface area contributed by atoms with Gasteiger partial charge in [-0.25, -0.2) is 26.8 Å². The molecule has 11 heteroatoms. The fourth-order valence-corrected chi connectivity index (χ4v) is 5.48. The van der Waals surface area contributed by atoms with E-state index in [0.717, 1.165) is 11.1 Å². The van der Waals surface area contributed by atoms with Crippen molar-refractivity contribution >= 4 is 31.7 Å². The maximum absolute atomic E-state index is 13.0. The van der Waals surface area contributed by atoms with Gasteiger partial charge in [0.15, 0.2) is 0 Å².